The van der Waals surface area contributed by atoms with Gasteiger partial charge < -0.3 is 0 Å². The van der Waals surface area contributed by atoms with Gasteiger partial charge in [0, 0.05) is 31.2 Å². The van der Waals surface area contributed by atoms with E-state index in [0.717, 1.165) is 16.8 Å². The Bertz CT molecular complexity index is 643. The van der Waals surface area contributed by atoms with Gasteiger partial charge in [0.2, 0.25) is 0 Å². The van der Waals surface area contributed by atoms with Crippen molar-refractivity contribution < 1.29 is 0 Å². The zero-order chi connectivity index (χ0) is 11.0. The summed E-state index contributed by atoms with van der Waals surface area (Å²) >= 11 is 0. The Morgan fingerprint density at radius 2 is 2.00 bits per heavy atom. The first-order valence-electron chi connectivity index (χ1n) is 4.90. The van der Waals surface area contributed by atoms with Crippen LogP contribution in [0.3, 0.4) is 0 Å². The third-order valence-corrected chi connectivity index (χ3v) is 2.33. The predicted octanol–water partition coefficient (Wildman–Crippen LogP) is 1.43. The highest BCUT2D eigenvalue weighted by atomic mass is 15.2. The van der Waals surface area contributed by atoms with Crippen molar-refractivity contribution in [3.8, 4) is 11.3 Å². The summed E-state index contributed by atoms with van der Waals surface area (Å²) in [6.07, 6.45) is 7.01. The number of pyridine rings is 1. The van der Waals surface area contributed by atoms with E-state index in [-0.39, 0.29) is 0 Å². The predicted molar refractivity (Wildman–Crippen MR) is 59.5 cm³/mol. The average molecular weight is 211 g/mol. The molecule has 0 fully saturated rings. The minimum atomic E-state index is 0.656. The van der Waals surface area contributed by atoms with Gasteiger partial charge in [0.25, 0.3) is 0 Å². The molecule has 0 aliphatic heterocycles. The maximum Gasteiger partial charge on any atom is 0.178 e. The summed E-state index contributed by atoms with van der Waals surface area (Å²) in [6, 6.07) is 3.84. The van der Waals surface area contributed by atoms with E-state index in [1.165, 1.54) is 0 Å². The molecule has 0 saturated carbocycles. The second-order valence-electron chi connectivity index (χ2n) is 3.50. The fraction of sp³-hybridized carbons (Fsp3) is 0.0909. The van der Waals surface area contributed by atoms with Crippen LogP contribution in [-0.4, -0.2) is 24.7 Å². The molecule has 0 N–H and O–H groups in total. The van der Waals surface area contributed by atoms with Crippen LogP contribution < -0.4 is 0 Å². The molecule has 0 bridgehead atoms. The molecule has 3 aromatic heterocycles. The lowest BCUT2D eigenvalue weighted by molar-refractivity contribution is 0.768. The van der Waals surface area contributed by atoms with E-state index in [4.69, 9.17) is 0 Å². The van der Waals surface area contributed by atoms with Crippen molar-refractivity contribution >= 4 is 11.2 Å². The van der Waals surface area contributed by atoms with Crippen LogP contribution in [0, 0.1) is 0 Å². The van der Waals surface area contributed by atoms with E-state index in [1.807, 2.05) is 25.4 Å². The highest BCUT2D eigenvalue weighted by molar-refractivity contribution is 5.73. The molecule has 3 aromatic rings. The molecule has 0 unspecified atom stereocenters. The Hall–Kier alpha value is -2.30. The molecule has 78 valence electrons. The molecular weight excluding hydrogens is 202 g/mol. The summed E-state index contributed by atoms with van der Waals surface area (Å²) in [6.45, 7) is 0. The number of aryl methyl sites for hydroxylation is 1. The molecule has 0 aromatic carbocycles. The van der Waals surface area contributed by atoms with Crippen molar-refractivity contribution in [1.29, 1.82) is 0 Å². The molecule has 0 amide bonds. The molecule has 0 aliphatic rings. The standard InChI is InChI=1S/C11H9N5/c1-16-7-8(6-14-16)9-2-3-10-11(15-9)13-5-4-12-10/h2-7H,1H3. The zero-order valence-electron chi connectivity index (χ0n) is 8.70. The third-order valence-electron chi connectivity index (χ3n) is 2.33. The smallest absolute Gasteiger partial charge is 0.178 e. The minimum Gasteiger partial charge on any atom is -0.275 e. The quantitative estimate of drug-likeness (QED) is 0.611. The number of rotatable bonds is 1. The van der Waals surface area contributed by atoms with Crippen LogP contribution >= 0.6 is 0 Å². The van der Waals surface area contributed by atoms with Crippen LogP contribution in [0.5, 0.6) is 0 Å². The Labute approximate surface area is 91.8 Å². The Morgan fingerprint density at radius 1 is 1.12 bits per heavy atom. The van der Waals surface area contributed by atoms with Crippen molar-refractivity contribution in [3.05, 3.63) is 36.9 Å². The lowest BCUT2D eigenvalue weighted by Crippen LogP contribution is -1.88. The van der Waals surface area contributed by atoms with E-state index in [9.17, 15) is 0 Å². The highest BCUT2D eigenvalue weighted by Gasteiger charge is 2.04. The molecule has 0 spiro atoms. The van der Waals surface area contributed by atoms with Gasteiger partial charge in [0.1, 0.15) is 5.52 Å². The number of hydrogen-bond donors (Lipinski definition) is 0. The fourth-order valence-electron chi connectivity index (χ4n) is 1.57. The topological polar surface area (TPSA) is 56.5 Å². The first kappa shape index (κ1) is 8.96. The molecule has 0 saturated heterocycles. The molecule has 0 radical (unpaired) electrons. The monoisotopic (exact) mass is 211 g/mol. The maximum atomic E-state index is 4.43. The highest BCUT2D eigenvalue weighted by Crippen LogP contribution is 2.17. The SMILES string of the molecule is Cn1cc(-c2ccc3nccnc3n2)cn1. The van der Waals surface area contributed by atoms with Gasteiger partial charge in [0.15, 0.2) is 5.65 Å². The molecular formula is C11H9N5. The molecule has 3 rings (SSSR count). The van der Waals surface area contributed by atoms with Gasteiger partial charge in [-0.3, -0.25) is 9.67 Å². The maximum absolute atomic E-state index is 4.43. The van der Waals surface area contributed by atoms with E-state index in [2.05, 4.69) is 20.1 Å². The minimum absolute atomic E-state index is 0.656. The van der Waals surface area contributed by atoms with Gasteiger partial charge in [-0.25, -0.2) is 9.97 Å². The van der Waals surface area contributed by atoms with Crippen molar-refractivity contribution in [1.82, 2.24) is 24.7 Å². The number of aromatic nitrogens is 5. The zero-order valence-corrected chi connectivity index (χ0v) is 8.70. The van der Waals surface area contributed by atoms with Gasteiger partial charge in [-0.2, -0.15) is 5.10 Å². The second kappa shape index (κ2) is 3.37. The summed E-state index contributed by atoms with van der Waals surface area (Å²) in [5.41, 5.74) is 3.30. The number of hydrogen-bond acceptors (Lipinski definition) is 4. The van der Waals surface area contributed by atoms with Crippen LogP contribution in [-0.2, 0) is 7.05 Å². The molecule has 3 heterocycles. The van der Waals surface area contributed by atoms with Crippen molar-refractivity contribution in [2.45, 2.75) is 0 Å². The van der Waals surface area contributed by atoms with Crippen LogP contribution in [0.15, 0.2) is 36.9 Å². The summed E-state index contributed by atoms with van der Waals surface area (Å²) in [7, 11) is 1.88. The molecule has 5 nitrogen and oxygen atoms in total. The molecule has 0 atom stereocenters. The number of fused-ring (bicyclic) bond motifs is 1. The van der Waals surface area contributed by atoms with E-state index < -0.39 is 0 Å². The van der Waals surface area contributed by atoms with Gasteiger partial charge >= 0.3 is 0 Å². The first-order valence-corrected chi connectivity index (χ1v) is 4.90. The van der Waals surface area contributed by atoms with Crippen LogP contribution in [0.25, 0.3) is 22.4 Å². The third kappa shape index (κ3) is 1.42. The van der Waals surface area contributed by atoms with Crippen LogP contribution in [0.1, 0.15) is 0 Å². The molecule has 0 aliphatic carbocycles. The first-order chi connectivity index (χ1) is 7.83. The summed E-state index contributed by atoms with van der Waals surface area (Å²) in [5, 5.41) is 4.11. The second-order valence-corrected chi connectivity index (χ2v) is 3.50. The van der Waals surface area contributed by atoms with Crippen molar-refractivity contribution in [3.63, 3.8) is 0 Å². The van der Waals surface area contributed by atoms with Crippen LogP contribution in [0.2, 0.25) is 0 Å². The number of nitrogens with zero attached hydrogens (tertiary/aromatic N) is 5. The Kier molecular flexibility index (Phi) is 1.89. The van der Waals surface area contributed by atoms with Crippen LogP contribution in [0.4, 0.5) is 0 Å². The lowest BCUT2D eigenvalue weighted by atomic mass is 10.2. The van der Waals surface area contributed by atoms with Gasteiger partial charge in [-0.05, 0) is 12.1 Å². The van der Waals surface area contributed by atoms with Crippen molar-refractivity contribution in [2.24, 2.45) is 7.05 Å². The lowest BCUT2D eigenvalue weighted by Gasteiger charge is -1.98. The van der Waals surface area contributed by atoms with E-state index in [0.29, 0.717) is 5.65 Å². The Balaban J connectivity index is 2.18. The molecule has 16 heavy (non-hydrogen) atoms. The van der Waals surface area contributed by atoms with Crippen molar-refractivity contribution in [2.75, 3.05) is 0 Å². The normalized spacial score (nSPS) is 10.8. The van der Waals surface area contributed by atoms with Gasteiger partial charge in [-0.1, -0.05) is 0 Å². The Morgan fingerprint density at radius 3 is 2.81 bits per heavy atom. The van der Waals surface area contributed by atoms with Gasteiger partial charge in [0.05, 0.1) is 11.9 Å². The van der Waals surface area contributed by atoms with E-state index >= 15 is 0 Å². The van der Waals surface area contributed by atoms with Gasteiger partial charge in [-0.15, -0.1) is 0 Å². The fourth-order valence-corrected chi connectivity index (χ4v) is 1.57. The summed E-state index contributed by atoms with van der Waals surface area (Å²) < 4.78 is 1.75. The largest absolute Gasteiger partial charge is 0.275 e. The van der Waals surface area contributed by atoms with E-state index in [1.54, 1.807) is 23.3 Å². The summed E-state index contributed by atoms with van der Waals surface area (Å²) in [4.78, 5) is 12.8. The summed E-state index contributed by atoms with van der Waals surface area (Å²) in [5.74, 6) is 0. The molecule has 5 heteroatoms. The average Bonchev–Trinajstić information content (AvgIpc) is 2.75.